The van der Waals surface area contributed by atoms with Gasteiger partial charge in [0.15, 0.2) is 11.5 Å². The first kappa shape index (κ1) is 13.4. The lowest BCUT2D eigenvalue weighted by molar-refractivity contribution is 0.355. The minimum atomic E-state index is 0.570. The molecule has 1 aromatic carbocycles. The van der Waals surface area contributed by atoms with Gasteiger partial charge in [-0.3, -0.25) is 0 Å². The lowest BCUT2D eigenvalue weighted by atomic mass is 10.1. The van der Waals surface area contributed by atoms with Gasteiger partial charge in [-0.1, -0.05) is 0 Å². The quantitative estimate of drug-likeness (QED) is 0.906. The number of aryl methyl sites for hydroxylation is 1. The van der Waals surface area contributed by atoms with E-state index in [1.807, 2.05) is 23.9 Å². The second-order valence-electron chi connectivity index (χ2n) is 4.58. The van der Waals surface area contributed by atoms with Crippen molar-refractivity contribution in [2.45, 2.75) is 25.8 Å². The molecule has 1 aromatic rings. The van der Waals surface area contributed by atoms with Crippen LogP contribution in [0, 0.1) is 6.92 Å². The summed E-state index contributed by atoms with van der Waals surface area (Å²) in [5.74, 6) is 4.06. The Hall–Kier alpha value is -1.03. The van der Waals surface area contributed by atoms with Crippen LogP contribution in [0.1, 0.15) is 18.4 Å². The van der Waals surface area contributed by atoms with E-state index in [9.17, 15) is 0 Å². The second-order valence-corrected chi connectivity index (χ2v) is 5.73. The van der Waals surface area contributed by atoms with Crippen LogP contribution in [-0.4, -0.2) is 31.8 Å². The summed E-state index contributed by atoms with van der Waals surface area (Å²) in [4.78, 5) is 0. The average molecular weight is 267 g/mol. The molecule has 1 aliphatic rings. The van der Waals surface area contributed by atoms with Gasteiger partial charge < -0.3 is 14.8 Å². The summed E-state index contributed by atoms with van der Waals surface area (Å²) in [7, 11) is 3.34. The third-order valence-corrected chi connectivity index (χ3v) is 4.47. The number of benzene rings is 1. The number of hydrogen-bond donors (Lipinski definition) is 1. The molecule has 1 N–H and O–H groups in total. The minimum absolute atomic E-state index is 0.570. The third-order valence-electron chi connectivity index (χ3n) is 3.25. The highest BCUT2D eigenvalue weighted by Gasteiger charge is 2.15. The molecule has 0 aromatic heterocycles. The first-order valence-electron chi connectivity index (χ1n) is 6.31. The zero-order chi connectivity index (χ0) is 13.0. The van der Waals surface area contributed by atoms with Gasteiger partial charge in [0, 0.05) is 23.5 Å². The largest absolute Gasteiger partial charge is 0.493 e. The molecule has 1 aliphatic heterocycles. The Balaban J connectivity index is 2.16. The zero-order valence-corrected chi connectivity index (χ0v) is 12.1. The summed E-state index contributed by atoms with van der Waals surface area (Å²) in [5, 5.41) is 3.62. The van der Waals surface area contributed by atoms with Gasteiger partial charge in [-0.25, -0.2) is 0 Å². The number of thioether (sulfide) groups is 1. The van der Waals surface area contributed by atoms with Crippen molar-refractivity contribution in [1.82, 2.24) is 0 Å². The van der Waals surface area contributed by atoms with Gasteiger partial charge in [-0.2, -0.15) is 11.8 Å². The minimum Gasteiger partial charge on any atom is -0.493 e. The van der Waals surface area contributed by atoms with E-state index in [-0.39, 0.29) is 0 Å². The van der Waals surface area contributed by atoms with Crippen molar-refractivity contribution in [3.05, 3.63) is 17.7 Å². The molecule has 0 aliphatic carbocycles. The topological polar surface area (TPSA) is 30.5 Å². The Kier molecular flexibility index (Phi) is 4.64. The van der Waals surface area contributed by atoms with Crippen LogP contribution in [0.4, 0.5) is 5.69 Å². The van der Waals surface area contributed by atoms with Gasteiger partial charge in [-0.05, 0) is 37.1 Å². The lowest BCUT2D eigenvalue weighted by Gasteiger charge is -2.25. The molecule has 1 unspecified atom stereocenters. The summed E-state index contributed by atoms with van der Waals surface area (Å²) in [6, 6.07) is 4.63. The first-order chi connectivity index (χ1) is 8.74. The molecule has 18 heavy (non-hydrogen) atoms. The zero-order valence-electron chi connectivity index (χ0n) is 11.3. The van der Waals surface area contributed by atoms with Crippen LogP contribution in [-0.2, 0) is 0 Å². The van der Waals surface area contributed by atoms with Gasteiger partial charge in [0.25, 0.3) is 0 Å². The Morgan fingerprint density at radius 1 is 1.22 bits per heavy atom. The first-order valence-corrected chi connectivity index (χ1v) is 7.47. The molecule has 0 radical (unpaired) electrons. The molecule has 100 valence electrons. The molecular weight excluding hydrogens is 246 g/mol. The number of methoxy groups -OCH3 is 2. The van der Waals surface area contributed by atoms with E-state index in [1.165, 1.54) is 29.9 Å². The second kappa shape index (κ2) is 6.23. The molecular formula is C14H21NO2S. The summed E-state index contributed by atoms with van der Waals surface area (Å²) in [5.41, 5.74) is 2.35. The van der Waals surface area contributed by atoms with Crippen LogP contribution in [0.5, 0.6) is 11.5 Å². The maximum Gasteiger partial charge on any atom is 0.162 e. The number of anilines is 1. The molecule has 2 rings (SSSR count). The van der Waals surface area contributed by atoms with Crippen molar-refractivity contribution in [2.24, 2.45) is 0 Å². The Labute approximate surface area is 113 Å². The molecule has 0 bridgehead atoms. The van der Waals surface area contributed by atoms with Crippen LogP contribution in [0.3, 0.4) is 0 Å². The maximum atomic E-state index is 5.35. The van der Waals surface area contributed by atoms with E-state index < -0.39 is 0 Å². The Morgan fingerprint density at radius 3 is 2.56 bits per heavy atom. The van der Waals surface area contributed by atoms with Crippen molar-refractivity contribution < 1.29 is 9.47 Å². The van der Waals surface area contributed by atoms with Crippen LogP contribution in [0.25, 0.3) is 0 Å². The normalized spacial score (nSPS) is 19.4. The number of ether oxygens (including phenoxy) is 2. The van der Waals surface area contributed by atoms with Crippen LogP contribution >= 0.6 is 11.8 Å². The fourth-order valence-corrected chi connectivity index (χ4v) is 3.28. The maximum absolute atomic E-state index is 5.35. The molecule has 1 saturated heterocycles. The lowest BCUT2D eigenvalue weighted by Crippen LogP contribution is -2.26. The van der Waals surface area contributed by atoms with Gasteiger partial charge in [-0.15, -0.1) is 0 Å². The molecule has 3 nitrogen and oxygen atoms in total. The highest BCUT2D eigenvalue weighted by Crippen LogP contribution is 2.34. The van der Waals surface area contributed by atoms with Gasteiger partial charge in [0.2, 0.25) is 0 Å². The SMILES string of the molecule is COc1cc(C)c(NC2CCCSC2)cc1OC. The fraction of sp³-hybridized carbons (Fsp3) is 0.571. The highest BCUT2D eigenvalue weighted by atomic mass is 32.2. The molecule has 1 heterocycles. The highest BCUT2D eigenvalue weighted by molar-refractivity contribution is 7.99. The summed E-state index contributed by atoms with van der Waals surface area (Å²) < 4.78 is 10.7. The van der Waals surface area contributed by atoms with Crippen molar-refractivity contribution in [1.29, 1.82) is 0 Å². The van der Waals surface area contributed by atoms with E-state index in [2.05, 4.69) is 12.2 Å². The predicted molar refractivity (Wildman–Crippen MR) is 78.3 cm³/mol. The standard InChI is InChI=1S/C14H21NO2S/c1-10-7-13(16-2)14(17-3)8-12(10)15-11-5-4-6-18-9-11/h7-8,11,15H,4-6,9H2,1-3H3. The molecule has 1 fully saturated rings. The number of hydrogen-bond acceptors (Lipinski definition) is 4. The van der Waals surface area contributed by atoms with E-state index in [0.717, 1.165) is 17.2 Å². The van der Waals surface area contributed by atoms with E-state index in [1.54, 1.807) is 14.2 Å². The van der Waals surface area contributed by atoms with Crippen molar-refractivity contribution in [3.8, 4) is 11.5 Å². The van der Waals surface area contributed by atoms with Gasteiger partial charge >= 0.3 is 0 Å². The van der Waals surface area contributed by atoms with Gasteiger partial charge in [0.1, 0.15) is 0 Å². The van der Waals surface area contributed by atoms with Crippen LogP contribution in [0.2, 0.25) is 0 Å². The van der Waals surface area contributed by atoms with E-state index in [0.29, 0.717) is 6.04 Å². The van der Waals surface area contributed by atoms with Gasteiger partial charge in [0.05, 0.1) is 14.2 Å². The van der Waals surface area contributed by atoms with Crippen LogP contribution in [0.15, 0.2) is 12.1 Å². The Bertz CT molecular complexity index is 403. The summed E-state index contributed by atoms with van der Waals surface area (Å²) >= 11 is 2.03. The van der Waals surface area contributed by atoms with Crippen molar-refractivity contribution >= 4 is 17.4 Å². The summed E-state index contributed by atoms with van der Waals surface area (Å²) in [6.07, 6.45) is 2.55. The molecule has 1 atom stereocenters. The van der Waals surface area contributed by atoms with E-state index >= 15 is 0 Å². The Morgan fingerprint density at radius 2 is 1.94 bits per heavy atom. The third kappa shape index (κ3) is 3.05. The molecule has 0 saturated carbocycles. The summed E-state index contributed by atoms with van der Waals surface area (Å²) in [6.45, 7) is 2.10. The van der Waals surface area contributed by atoms with Crippen molar-refractivity contribution in [3.63, 3.8) is 0 Å². The fourth-order valence-electron chi connectivity index (χ4n) is 2.21. The van der Waals surface area contributed by atoms with Crippen LogP contribution < -0.4 is 14.8 Å². The molecule has 4 heteroatoms. The predicted octanol–water partition coefficient (Wildman–Crippen LogP) is 3.32. The molecule has 0 spiro atoms. The van der Waals surface area contributed by atoms with E-state index in [4.69, 9.17) is 9.47 Å². The molecule has 0 amide bonds. The number of nitrogens with one attached hydrogen (secondary N) is 1. The number of rotatable bonds is 4. The van der Waals surface area contributed by atoms with Crippen molar-refractivity contribution in [2.75, 3.05) is 31.0 Å². The monoisotopic (exact) mass is 267 g/mol. The average Bonchev–Trinajstić information content (AvgIpc) is 2.41. The smallest absolute Gasteiger partial charge is 0.162 e.